The molecule has 0 aromatic heterocycles. The Balaban J connectivity index is 2.33. The minimum Gasteiger partial charge on any atom is -0.496 e. The van der Waals surface area contributed by atoms with Crippen molar-refractivity contribution >= 4 is 5.97 Å². The van der Waals surface area contributed by atoms with Crippen LogP contribution in [0.1, 0.15) is 57.1 Å². The molecular formula is C18H27NO3. The van der Waals surface area contributed by atoms with Crippen LogP contribution in [0.4, 0.5) is 0 Å². The van der Waals surface area contributed by atoms with Crippen molar-refractivity contribution in [2.45, 2.75) is 57.5 Å². The van der Waals surface area contributed by atoms with Gasteiger partial charge < -0.3 is 9.84 Å². The van der Waals surface area contributed by atoms with Crippen LogP contribution in [-0.2, 0) is 4.79 Å². The predicted octanol–water partition coefficient (Wildman–Crippen LogP) is 3.87. The molecule has 1 aliphatic heterocycles. The van der Waals surface area contributed by atoms with E-state index in [4.69, 9.17) is 4.74 Å². The normalized spacial score (nSPS) is 20.5. The van der Waals surface area contributed by atoms with Gasteiger partial charge >= 0.3 is 5.97 Å². The van der Waals surface area contributed by atoms with E-state index in [1.807, 2.05) is 18.2 Å². The first-order valence-corrected chi connectivity index (χ1v) is 8.30. The van der Waals surface area contributed by atoms with Gasteiger partial charge in [0.15, 0.2) is 0 Å². The average molecular weight is 305 g/mol. The summed E-state index contributed by atoms with van der Waals surface area (Å²) in [6.45, 7) is 3.02. The molecule has 1 aromatic carbocycles. The molecule has 1 aliphatic rings. The smallest absolute Gasteiger partial charge is 0.320 e. The summed E-state index contributed by atoms with van der Waals surface area (Å²) in [5.74, 6) is 0.161. The van der Waals surface area contributed by atoms with E-state index in [9.17, 15) is 9.90 Å². The Hall–Kier alpha value is -1.55. The van der Waals surface area contributed by atoms with E-state index in [0.29, 0.717) is 0 Å². The largest absolute Gasteiger partial charge is 0.496 e. The van der Waals surface area contributed by atoms with Crippen LogP contribution in [0.25, 0.3) is 0 Å². The summed E-state index contributed by atoms with van der Waals surface area (Å²) in [6.07, 6.45) is 5.98. The van der Waals surface area contributed by atoms with Gasteiger partial charge in [-0.25, -0.2) is 0 Å². The van der Waals surface area contributed by atoms with Gasteiger partial charge in [0.05, 0.1) is 7.11 Å². The zero-order valence-corrected chi connectivity index (χ0v) is 13.6. The van der Waals surface area contributed by atoms with Crippen LogP contribution in [0.5, 0.6) is 5.75 Å². The number of unbranched alkanes of at least 4 members (excludes halogenated alkanes) is 1. The third-order valence-corrected chi connectivity index (χ3v) is 4.56. The zero-order valence-electron chi connectivity index (χ0n) is 13.6. The summed E-state index contributed by atoms with van der Waals surface area (Å²) >= 11 is 0. The molecule has 1 saturated heterocycles. The van der Waals surface area contributed by atoms with Crippen molar-refractivity contribution in [2.24, 2.45) is 0 Å². The standard InChI is InChI=1S/C18H27NO3/c1-3-4-10-15(14-9-5-6-12-17(14)22-2)19-13-8-7-11-16(19)18(20)21/h5-6,9,12,15-16H,3-4,7-8,10-11,13H2,1-2H3,(H,20,21). The highest BCUT2D eigenvalue weighted by Gasteiger charge is 2.34. The number of nitrogens with zero attached hydrogens (tertiary/aromatic N) is 1. The van der Waals surface area contributed by atoms with E-state index in [1.54, 1.807) is 7.11 Å². The van der Waals surface area contributed by atoms with E-state index < -0.39 is 5.97 Å². The van der Waals surface area contributed by atoms with Gasteiger partial charge in [0, 0.05) is 11.6 Å². The first-order valence-electron chi connectivity index (χ1n) is 8.30. The van der Waals surface area contributed by atoms with E-state index in [2.05, 4.69) is 17.9 Å². The molecule has 4 nitrogen and oxygen atoms in total. The lowest BCUT2D eigenvalue weighted by atomic mass is 9.92. The highest BCUT2D eigenvalue weighted by atomic mass is 16.5. The maximum atomic E-state index is 11.7. The van der Waals surface area contributed by atoms with Crippen molar-refractivity contribution < 1.29 is 14.6 Å². The van der Waals surface area contributed by atoms with Crippen LogP contribution in [-0.4, -0.2) is 35.7 Å². The fourth-order valence-electron chi connectivity index (χ4n) is 3.43. The number of hydrogen-bond donors (Lipinski definition) is 1. The van der Waals surface area contributed by atoms with Crippen molar-refractivity contribution in [1.82, 2.24) is 4.90 Å². The number of para-hydroxylation sites is 1. The Labute approximate surface area is 133 Å². The molecule has 2 atom stereocenters. The number of hydrogen-bond acceptors (Lipinski definition) is 3. The van der Waals surface area contributed by atoms with Crippen LogP contribution >= 0.6 is 0 Å². The second-order valence-electron chi connectivity index (χ2n) is 5.99. The minimum atomic E-state index is -0.698. The highest BCUT2D eigenvalue weighted by Crippen LogP contribution is 2.36. The quantitative estimate of drug-likeness (QED) is 0.831. The Kier molecular flexibility index (Phi) is 6.25. The van der Waals surface area contributed by atoms with Gasteiger partial charge in [-0.15, -0.1) is 0 Å². The summed E-state index contributed by atoms with van der Waals surface area (Å²) in [5, 5.41) is 9.58. The molecule has 2 unspecified atom stereocenters. The van der Waals surface area contributed by atoms with Crippen molar-refractivity contribution in [2.75, 3.05) is 13.7 Å². The van der Waals surface area contributed by atoms with Gasteiger partial charge in [-0.3, -0.25) is 9.69 Å². The number of benzene rings is 1. The van der Waals surface area contributed by atoms with E-state index in [0.717, 1.165) is 56.4 Å². The zero-order chi connectivity index (χ0) is 15.9. The van der Waals surface area contributed by atoms with Crippen molar-refractivity contribution in [3.8, 4) is 5.75 Å². The fourth-order valence-corrected chi connectivity index (χ4v) is 3.43. The summed E-state index contributed by atoms with van der Waals surface area (Å²) in [6, 6.07) is 7.76. The lowest BCUT2D eigenvalue weighted by Gasteiger charge is -2.39. The summed E-state index contributed by atoms with van der Waals surface area (Å²) in [4.78, 5) is 13.8. The summed E-state index contributed by atoms with van der Waals surface area (Å²) in [7, 11) is 1.68. The molecule has 0 aliphatic carbocycles. The number of carboxylic acids is 1. The van der Waals surface area contributed by atoms with Gasteiger partial charge in [0.25, 0.3) is 0 Å². The predicted molar refractivity (Wildman–Crippen MR) is 87.2 cm³/mol. The van der Waals surface area contributed by atoms with Crippen molar-refractivity contribution in [3.63, 3.8) is 0 Å². The molecule has 1 N–H and O–H groups in total. The highest BCUT2D eigenvalue weighted by molar-refractivity contribution is 5.73. The Bertz CT molecular complexity index is 489. The Morgan fingerprint density at radius 1 is 1.41 bits per heavy atom. The Morgan fingerprint density at radius 3 is 2.86 bits per heavy atom. The molecule has 0 amide bonds. The molecule has 0 radical (unpaired) electrons. The fraction of sp³-hybridized carbons (Fsp3) is 0.611. The summed E-state index contributed by atoms with van der Waals surface area (Å²) < 4.78 is 5.52. The number of rotatable bonds is 7. The molecule has 122 valence electrons. The number of carboxylic acid groups (broad SMARTS) is 1. The number of piperidine rings is 1. The van der Waals surface area contributed by atoms with E-state index in [1.165, 1.54) is 0 Å². The van der Waals surface area contributed by atoms with Crippen LogP contribution < -0.4 is 4.74 Å². The number of likely N-dealkylation sites (tertiary alicyclic amines) is 1. The minimum absolute atomic E-state index is 0.123. The number of carbonyl (C=O) groups is 1. The van der Waals surface area contributed by atoms with Gasteiger partial charge in [0.2, 0.25) is 0 Å². The molecule has 0 saturated carbocycles. The first kappa shape index (κ1) is 16.8. The molecule has 0 spiro atoms. The topological polar surface area (TPSA) is 49.8 Å². The van der Waals surface area contributed by atoms with Crippen LogP contribution in [0.15, 0.2) is 24.3 Å². The lowest BCUT2D eigenvalue weighted by molar-refractivity contribution is -0.146. The third kappa shape index (κ3) is 3.80. The third-order valence-electron chi connectivity index (χ3n) is 4.56. The maximum absolute atomic E-state index is 11.7. The van der Waals surface area contributed by atoms with Crippen LogP contribution in [0.3, 0.4) is 0 Å². The molecule has 1 fully saturated rings. The van der Waals surface area contributed by atoms with Gasteiger partial charge in [-0.05, 0) is 31.9 Å². The van der Waals surface area contributed by atoms with E-state index >= 15 is 0 Å². The summed E-state index contributed by atoms with van der Waals surface area (Å²) in [5.41, 5.74) is 1.12. The van der Waals surface area contributed by atoms with Crippen LogP contribution in [0.2, 0.25) is 0 Å². The SMILES string of the molecule is CCCCC(c1ccccc1OC)N1CCCCC1C(=O)O. The Morgan fingerprint density at radius 2 is 2.18 bits per heavy atom. The lowest BCUT2D eigenvalue weighted by Crippen LogP contribution is -2.46. The molecule has 2 rings (SSSR count). The molecule has 1 heterocycles. The van der Waals surface area contributed by atoms with Crippen molar-refractivity contribution in [3.05, 3.63) is 29.8 Å². The molecule has 0 bridgehead atoms. The van der Waals surface area contributed by atoms with Gasteiger partial charge in [0.1, 0.15) is 11.8 Å². The van der Waals surface area contributed by atoms with Crippen molar-refractivity contribution in [1.29, 1.82) is 0 Å². The maximum Gasteiger partial charge on any atom is 0.320 e. The molecule has 22 heavy (non-hydrogen) atoms. The first-order chi connectivity index (χ1) is 10.7. The molecule has 1 aromatic rings. The number of aliphatic carboxylic acids is 1. The number of ether oxygens (including phenoxy) is 1. The van der Waals surface area contributed by atoms with Crippen LogP contribution in [0, 0.1) is 0 Å². The molecular weight excluding hydrogens is 278 g/mol. The molecule has 4 heteroatoms. The van der Waals surface area contributed by atoms with Gasteiger partial charge in [-0.1, -0.05) is 44.4 Å². The average Bonchev–Trinajstić information content (AvgIpc) is 2.56. The van der Waals surface area contributed by atoms with Gasteiger partial charge in [-0.2, -0.15) is 0 Å². The number of methoxy groups -OCH3 is 1. The monoisotopic (exact) mass is 305 g/mol. The second-order valence-corrected chi connectivity index (χ2v) is 5.99. The second kappa shape index (κ2) is 8.18. The van der Waals surface area contributed by atoms with E-state index in [-0.39, 0.29) is 12.1 Å².